The number of hydrogen-bond donors (Lipinski definition) is 2. The Balaban J connectivity index is 1.57. The van der Waals surface area contributed by atoms with Crippen LogP contribution in [0, 0.1) is 0 Å². The maximum absolute atomic E-state index is 13.0. The third kappa shape index (κ3) is 4.38. The summed E-state index contributed by atoms with van der Waals surface area (Å²) in [5.41, 5.74) is 2.49. The number of carboxylic acids is 1. The summed E-state index contributed by atoms with van der Waals surface area (Å²) < 4.78 is 6.11. The lowest BCUT2D eigenvalue weighted by atomic mass is 10.0. The van der Waals surface area contributed by atoms with E-state index in [2.05, 4.69) is 38.0 Å². The van der Waals surface area contributed by atoms with Crippen molar-refractivity contribution in [1.29, 1.82) is 0 Å². The van der Waals surface area contributed by atoms with Crippen LogP contribution in [0.1, 0.15) is 68.8 Å². The average molecular weight is 534 g/mol. The summed E-state index contributed by atoms with van der Waals surface area (Å²) >= 11 is 2.05. The van der Waals surface area contributed by atoms with E-state index in [9.17, 15) is 19.5 Å². The number of ether oxygens (including phenoxy) is 1. The lowest BCUT2D eigenvalue weighted by Crippen LogP contribution is -2.29. The van der Waals surface area contributed by atoms with E-state index < -0.39 is 21.5 Å². The van der Waals surface area contributed by atoms with Crippen molar-refractivity contribution in [3.05, 3.63) is 64.6 Å². The molecule has 10 heteroatoms. The summed E-state index contributed by atoms with van der Waals surface area (Å²) in [6, 6.07) is 7.79. The fourth-order valence-corrected chi connectivity index (χ4v) is 3.79. The number of benzene rings is 1. The van der Waals surface area contributed by atoms with Gasteiger partial charge in [0.15, 0.2) is 14.9 Å². The molecule has 0 fully saturated rings. The van der Waals surface area contributed by atoms with Crippen molar-refractivity contribution in [2.45, 2.75) is 36.3 Å². The molecule has 160 valence electrons. The molecule has 0 unspecified atom stereocenters. The highest BCUT2D eigenvalue weighted by atomic mass is 127. The number of carbonyl (C=O) groups is 3. The second-order valence-electron chi connectivity index (χ2n) is 7.66. The van der Waals surface area contributed by atoms with E-state index in [0.717, 1.165) is 11.1 Å². The van der Waals surface area contributed by atoms with Crippen LogP contribution < -0.4 is 5.32 Å². The van der Waals surface area contributed by atoms with Gasteiger partial charge in [-0.3, -0.25) is 4.79 Å². The number of nitrogens with one attached hydrogen (secondary N) is 1. The van der Waals surface area contributed by atoms with Crippen LogP contribution in [0.3, 0.4) is 0 Å². The number of aryl methyl sites for hydroxylation is 1. The average Bonchev–Trinajstić information content (AvgIpc) is 3.32. The Hall–Kier alpha value is -3.02. The Morgan fingerprint density at radius 1 is 1.26 bits per heavy atom. The predicted molar refractivity (Wildman–Crippen MR) is 118 cm³/mol. The van der Waals surface area contributed by atoms with Gasteiger partial charge >= 0.3 is 11.9 Å². The molecule has 2 N–H and O–H groups in total. The maximum Gasteiger partial charge on any atom is 0.354 e. The van der Waals surface area contributed by atoms with Gasteiger partial charge < -0.3 is 15.2 Å². The summed E-state index contributed by atoms with van der Waals surface area (Å²) in [7, 11) is 0. The van der Waals surface area contributed by atoms with Gasteiger partial charge in [-0.2, -0.15) is 5.10 Å². The lowest BCUT2D eigenvalue weighted by Gasteiger charge is -2.18. The number of fused-ring (bicyclic) bond motifs is 2. The van der Waals surface area contributed by atoms with Crippen LogP contribution in [0.5, 0.6) is 0 Å². The molecule has 0 radical (unpaired) electrons. The normalized spacial score (nSPS) is 15.5. The van der Waals surface area contributed by atoms with E-state index in [0.29, 0.717) is 18.4 Å². The second-order valence-corrected chi connectivity index (χ2v) is 10.3. The molecule has 9 nitrogen and oxygen atoms in total. The third-order valence-corrected chi connectivity index (χ3v) is 5.13. The van der Waals surface area contributed by atoms with Crippen LogP contribution in [0.25, 0.3) is 5.65 Å². The maximum atomic E-state index is 13.0. The lowest BCUT2D eigenvalue weighted by molar-refractivity contribution is 0.0339. The fraction of sp³-hybridized carbons (Fsp3) is 0.286. The zero-order valence-corrected chi connectivity index (χ0v) is 18.9. The second kappa shape index (κ2) is 7.91. The number of hydrogen-bond acceptors (Lipinski definition) is 6. The van der Waals surface area contributed by atoms with Crippen LogP contribution in [-0.4, -0.2) is 41.2 Å². The van der Waals surface area contributed by atoms with E-state index in [1.165, 1.54) is 22.8 Å². The van der Waals surface area contributed by atoms with Gasteiger partial charge in [0.1, 0.15) is 5.69 Å². The number of amides is 1. The zero-order chi connectivity index (χ0) is 22.3. The zero-order valence-electron chi connectivity index (χ0n) is 16.8. The van der Waals surface area contributed by atoms with Crippen LogP contribution in [-0.2, 0) is 11.2 Å². The van der Waals surface area contributed by atoms with Crippen LogP contribution in [0.15, 0.2) is 36.5 Å². The molecule has 2 heterocycles. The highest BCUT2D eigenvalue weighted by Crippen LogP contribution is 2.32. The molecule has 4 rings (SSSR count). The summed E-state index contributed by atoms with van der Waals surface area (Å²) in [4.78, 5) is 40.6. The fourth-order valence-electron chi connectivity index (χ4n) is 3.59. The van der Waals surface area contributed by atoms with E-state index in [-0.39, 0.29) is 23.1 Å². The predicted octanol–water partition coefficient (Wildman–Crippen LogP) is 3.17. The minimum Gasteiger partial charge on any atom is -0.477 e. The number of aromatic carboxylic acids is 1. The summed E-state index contributed by atoms with van der Waals surface area (Å²) in [6.45, 7) is 3.60. The highest BCUT2D eigenvalue weighted by Gasteiger charge is 2.28. The minimum absolute atomic E-state index is 0.0883. The smallest absolute Gasteiger partial charge is 0.354 e. The van der Waals surface area contributed by atoms with Gasteiger partial charge in [-0.1, -0.05) is 6.07 Å². The van der Waals surface area contributed by atoms with Crippen molar-refractivity contribution in [3.63, 3.8) is 0 Å². The van der Waals surface area contributed by atoms with Gasteiger partial charge in [-0.25, -0.2) is 19.1 Å². The molecule has 1 atom stereocenters. The molecule has 1 aliphatic rings. The first-order valence-electron chi connectivity index (χ1n) is 9.56. The molecular weight excluding hydrogens is 515 g/mol. The molecule has 1 amide bonds. The van der Waals surface area contributed by atoms with Gasteiger partial charge in [0.25, 0.3) is 5.91 Å². The number of alkyl halides is 1. The number of halogens is 1. The molecule has 3 aromatic rings. The monoisotopic (exact) mass is 534 g/mol. The molecule has 1 aromatic carbocycles. The summed E-state index contributed by atoms with van der Waals surface area (Å²) in [5, 5.41) is 16.3. The highest BCUT2D eigenvalue weighted by molar-refractivity contribution is 14.1. The molecule has 0 aliphatic heterocycles. The largest absolute Gasteiger partial charge is 0.477 e. The first-order chi connectivity index (χ1) is 14.6. The number of carbonyl (C=O) groups excluding carboxylic acids is 2. The van der Waals surface area contributed by atoms with Gasteiger partial charge in [0.2, 0.25) is 0 Å². The van der Waals surface area contributed by atoms with Crippen LogP contribution in [0.4, 0.5) is 0 Å². The van der Waals surface area contributed by atoms with Crippen molar-refractivity contribution in [3.8, 4) is 0 Å². The van der Waals surface area contributed by atoms with Gasteiger partial charge in [0, 0.05) is 12.1 Å². The molecule has 0 saturated carbocycles. The Morgan fingerprint density at radius 3 is 2.74 bits per heavy atom. The Labute approximate surface area is 190 Å². The number of carboxylic acid groups (broad SMARTS) is 1. The third-order valence-electron chi connectivity index (χ3n) is 4.91. The first kappa shape index (κ1) is 21.2. The van der Waals surface area contributed by atoms with Crippen molar-refractivity contribution >= 4 is 46.1 Å². The topological polar surface area (TPSA) is 123 Å². The standard InChI is InChI=1S/C21H19IN4O5/c1-21(2,22)31-20(30)12-3-5-13-11(9-12)4-6-14(13)25-18(27)16-10-15(19(28)29)24-17-7-8-23-26(16)17/h3,5,7-10,14H,4,6H2,1-2H3,(H,25,27)(H,28,29)/t14-/m0/s1. The number of aromatic nitrogens is 3. The number of esters is 1. The van der Waals surface area contributed by atoms with Crippen LogP contribution in [0.2, 0.25) is 0 Å². The van der Waals surface area contributed by atoms with E-state index in [1.807, 2.05) is 6.07 Å². The van der Waals surface area contributed by atoms with Gasteiger partial charge in [0.05, 0.1) is 17.8 Å². The molecule has 2 aromatic heterocycles. The molecule has 0 spiro atoms. The minimum atomic E-state index is -1.22. The number of nitrogens with zero attached hydrogens (tertiary/aromatic N) is 3. The molecular formula is C21H19IN4O5. The molecule has 0 bridgehead atoms. The van der Waals surface area contributed by atoms with Gasteiger partial charge in [-0.15, -0.1) is 0 Å². The van der Waals surface area contributed by atoms with Crippen molar-refractivity contribution < 1.29 is 24.2 Å². The van der Waals surface area contributed by atoms with Crippen molar-refractivity contribution in [2.24, 2.45) is 0 Å². The van der Waals surface area contributed by atoms with Crippen molar-refractivity contribution in [2.75, 3.05) is 0 Å². The Kier molecular flexibility index (Phi) is 5.42. The Bertz CT molecular complexity index is 1210. The summed E-state index contributed by atoms with van der Waals surface area (Å²) in [6.07, 6.45) is 2.81. The van der Waals surface area contributed by atoms with E-state index in [1.54, 1.807) is 26.0 Å². The summed E-state index contributed by atoms with van der Waals surface area (Å²) in [5.74, 6) is -2.07. The molecule has 1 aliphatic carbocycles. The quantitative estimate of drug-likeness (QED) is 0.293. The molecule has 0 saturated heterocycles. The van der Waals surface area contributed by atoms with E-state index in [4.69, 9.17) is 4.74 Å². The van der Waals surface area contributed by atoms with E-state index >= 15 is 0 Å². The van der Waals surface area contributed by atoms with Gasteiger partial charge in [-0.05, 0) is 72.5 Å². The van der Waals surface area contributed by atoms with Crippen molar-refractivity contribution in [1.82, 2.24) is 19.9 Å². The first-order valence-corrected chi connectivity index (χ1v) is 10.6. The molecule has 31 heavy (non-hydrogen) atoms. The Morgan fingerprint density at radius 2 is 2.03 bits per heavy atom. The van der Waals surface area contributed by atoms with Crippen LogP contribution >= 0.6 is 22.6 Å². The number of rotatable bonds is 5. The SMILES string of the molecule is CC(C)(I)OC(=O)c1ccc2c(c1)CC[C@@H]2NC(=O)c1cc(C(=O)O)nc2ccnn12.